The van der Waals surface area contributed by atoms with Gasteiger partial charge in [0.05, 0.1) is 0 Å². The molecular weight excluding hydrogens is 240 g/mol. The van der Waals surface area contributed by atoms with Crippen molar-refractivity contribution in [2.75, 3.05) is 6.61 Å². The topological polar surface area (TPSA) is 63.8 Å². The summed E-state index contributed by atoms with van der Waals surface area (Å²) in [5.41, 5.74) is 2.83. The van der Waals surface area contributed by atoms with Crippen LogP contribution in [0.3, 0.4) is 0 Å². The Balaban J connectivity index is 2.20. The first-order chi connectivity index (χ1) is 9.40. The Morgan fingerprint density at radius 3 is 2.74 bits per heavy atom. The van der Waals surface area contributed by atoms with E-state index in [4.69, 9.17) is 5.11 Å². The van der Waals surface area contributed by atoms with E-state index < -0.39 is 0 Å². The zero-order valence-corrected chi connectivity index (χ0v) is 9.98. The van der Waals surface area contributed by atoms with Crippen molar-refractivity contribution >= 4 is 11.2 Å². The first kappa shape index (κ1) is 11.4. The predicted octanol–water partition coefficient (Wildman–Crippen LogP) is 1.16. The molecule has 5 heteroatoms. The fraction of sp³-hybridized carbons (Fsp3) is 0.0714. The molecule has 0 saturated heterocycles. The summed E-state index contributed by atoms with van der Waals surface area (Å²) in [7, 11) is 0. The molecule has 0 aliphatic rings. The molecule has 1 aromatic carbocycles. The molecule has 0 amide bonds. The summed E-state index contributed by atoms with van der Waals surface area (Å²) < 4.78 is 1.88. The molecule has 2 aromatic heterocycles. The number of nitrogens with zero attached hydrogens (tertiary/aromatic N) is 4. The summed E-state index contributed by atoms with van der Waals surface area (Å²) >= 11 is 0. The lowest BCUT2D eigenvalue weighted by Crippen LogP contribution is -1.95. The third kappa shape index (κ3) is 2.05. The molecule has 0 saturated carbocycles. The maximum atomic E-state index is 8.74. The predicted molar refractivity (Wildman–Crippen MR) is 70.6 cm³/mol. The van der Waals surface area contributed by atoms with Crippen LogP contribution in [0.4, 0.5) is 0 Å². The number of aliphatic hydroxyl groups is 1. The van der Waals surface area contributed by atoms with E-state index in [0.29, 0.717) is 16.9 Å². The second-order valence-electron chi connectivity index (χ2n) is 3.80. The fourth-order valence-corrected chi connectivity index (χ4v) is 1.83. The van der Waals surface area contributed by atoms with Crippen LogP contribution in [0.5, 0.6) is 0 Å². The van der Waals surface area contributed by atoms with Crippen molar-refractivity contribution in [3.63, 3.8) is 0 Å². The quantitative estimate of drug-likeness (QED) is 0.658. The Bertz CT molecular complexity index is 768. The van der Waals surface area contributed by atoms with Gasteiger partial charge in [-0.05, 0) is 18.1 Å². The average Bonchev–Trinajstić information content (AvgIpc) is 2.90. The van der Waals surface area contributed by atoms with Gasteiger partial charge in [0.1, 0.15) is 30.5 Å². The number of para-hydroxylation sites is 1. The standard InChI is InChI=1S/C14H10N4O/c19-8-4-7-12-13-14(16-9-15-12)18(10-17-13)11-5-2-1-3-6-11/h1-3,5-6,9-10,19H,8H2. The van der Waals surface area contributed by atoms with Crippen molar-refractivity contribution < 1.29 is 5.11 Å². The number of imidazole rings is 1. The normalized spacial score (nSPS) is 10.2. The van der Waals surface area contributed by atoms with Crippen LogP contribution < -0.4 is 0 Å². The molecule has 1 N–H and O–H groups in total. The molecule has 0 fully saturated rings. The van der Waals surface area contributed by atoms with E-state index in [9.17, 15) is 0 Å². The van der Waals surface area contributed by atoms with Gasteiger partial charge in [-0.2, -0.15) is 0 Å². The molecule has 0 aliphatic heterocycles. The lowest BCUT2D eigenvalue weighted by Gasteiger charge is -2.02. The van der Waals surface area contributed by atoms with E-state index in [2.05, 4.69) is 26.8 Å². The molecule has 5 nitrogen and oxygen atoms in total. The van der Waals surface area contributed by atoms with Gasteiger partial charge in [0.2, 0.25) is 0 Å². The van der Waals surface area contributed by atoms with Gasteiger partial charge < -0.3 is 5.11 Å². The van der Waals surface area contributed by atoms with Crippen LogP contribution in [0.25, 0.3) is 16.9 Å². The van der Waals surface area contributed by atoms with E-state index in [1.165, 1.54) is 6.33 Å². The zero-order valence-electron chi connectivity index (χ0n) is 9.98. The molecule has 0 bridgehead atoms. The van der Waals surface area contributed by atoms with Crippen LogP contribution in [-0.2, 0) is 0 Å². The first-order valence-corrected chi connectivity index (χ1v) is 5.73. The third-order valence-electron chi connectivity index (χ3n) is 2.65. The van der Waals surface area contributed by atoms with Gasteiger partial charge in [-0.1, -0.05) is 24.1 Å². The monoisotopic (exact) mass is 250 g/mol. The molecule has 2 heterocycles. The van der Waals surface area contributed by atoms with Gasteiger partial charge in [-0.3, -0.25) is 4.57 Å². The van der Waals surface area contributed by atoms with Crippen molar-refractivity contribution in [1.82, 2.24) is 19.5 Å². The Kier molecular flexibility index (Phi) is 2.93. The summed E-state index contributed by atoms with van der Waals surface area (Å²) in [6, 6.07) is 9.81. The minimum atomic E-state index is -0.203. The highest BCUT2D eigenvalue weighted by atomic mass is 16.2. The smallest absolute Gasteiger partial charge is 0.169 e. The average molecular weight is 250 g/mol. The van der Waals surface area contributed by atoms with E-state index >= 15 is 0 Å². The first-order valence-electron chi connectivity index (χ1n) is 5.73. The van der Waals surface area contributed by atoms with E-state index in [0.717, 1.165) is 5.69 Å². The van der Waals surface area contributed by atoms with Crippen molar-refractivity contribution in [2.24, 2.45) is 0 Å². The van der Waals surface area contributed by atoms with Crippen molar-refractivity contribution in [2.45, 2.75) is 0 Å². The SMILES string of the molecule is OCC#Cc1ncnc2c1ncn2-c1ccccc1. The van der Waals surface area contributed by atoms with Crippen LogP contribution in [0, 0.1) is 11.8 Å². The Morgan fingerprint density at radius 1 is 1.11 bits per heavy atom. The molecule has 3 rings (SSSR count). The van der Waals surface area contributed by atoms with Gasteiger partial charge in [0, 0.05) is 5.69 Å². The molecule has 0 aliphatic carbocycles. The maximum absolute atomic E-state index is 8.74. The van der Waals surface area contributed by atoms with Gasteiger partial charge in [-0.15, -0.1) is 0 Å². The molecule has 0 unspecified atom stereocenters. The van der Waals surface area contributed by atoms with Gasteiger partial charge >= 0.3 is 0 Å². The summed E-state index contributed by atoms with van der Waals surface area (Å²) in [6.07, 6.45) is 3.14. The van der Waals surface area contributed by atoms with Crippen LogP contribution in [0.1, 0.15) is 5.69 Å². The van der Waals surface area contributed by atoms with Crippen molar-refractivity contribution in [1.29, 1.82) is 0 Å². The number of aliphatic hydroxyl groups excluding tert-OH is 1. The summed E-state index contributed by atoms with van der Waals surface area (Å²) in [6.45, 7) is -0.203. The molecule has 3 aromatic rings. The van der Waals surface area contributed by atoms with E-state index in [1.54, 1.807) is 6.33 Å². The van der Waals surface area contributed by atoms with Gasteiger partial charge in [0.15, 0.2) is 5.65 Å². The molecular formula is C14H10N4O. The van der Waals surface area contributed by atoms with Crippen molar-refractivity contribution in [3.8, 4) is 17.5 Å². The van der Waals surface area contributed by atoms with Crippen LogP contribution in [0.2, 0.25) is 0 Å². The van der Waals surface area contributed by atoms with Crippen LogP contribution in [-0.4, -0.2) is 31.2 Å². The number of rotatable bonds is 1. The van der Waals surface area contributed by atoms with Gasteiger partial charge in [0.25, 0.3) is 0 Å². The number of hydrogen-bond donors (Lipinski definition) is 1. The van der Waals surface area contributed by atoms with Gasteiger partial charge in [-0.25, -0.2) is 15.0 Å². The molecule has 0 radical (unpaired) electrons. The number of aromatic nitrogens is 4. The second-order valence-corrected chi connectivity index (χ2v) is 3.80. The fourth-order valence-electron chi connectivity index (χ4n) is 1.83. The minimum Gasteiger partial charge on any atom is -0.384 e. The summed E-state index contributed by atoms with van der Waals surface area (Å²) in [5.74, 6) is 5.35. The molecule has 92 valence electrons. The highest BCUT2D eigenvalue weighted by Gasteiger charge is 2.09. The second kappa shape index (κ2) is 4.88. The Morgan fingerprint density at radius 2 is 1.95 bits per heavy atom. The Labute approximate surface area is 109 Å². The van der Waals surface area contributed by atoms with E-state index in [1.807, 2.05) is 34.9 Å². The highest BCUT2D eigenvalue weighted by Crippen LogP contribution is 2.16. The minimum absolute atomic E-state index is 0.203. The van der Waals surface area contributed by atoms with Crippen LogP contribution in [0.15, 0.2) is 43.0 Å². The summed E-state index contributed by atoms with van der Waals surface area (Å²) in [4.78, 5) is 12.6. The van der Waals surface area contributed by atoms with E-state index in [-0.39, 0.29) is 6.61 Å². The summed E-state index contributed by atoms with van der Waals surface area (Å²) in [5, 5.41) is 8.74. The van der Waals surface area contributed by atoms with Crippen molar-refractivity contribution in [3.05, 3.63) is 48.7 Å². The lowest BCUT2D eigenvalue weighted by molar-refractivity contribution is 0.350. The molecule has 19 heavy (non-hydrogen) atoms. The largest absolute Gasteiger partial charge is 0.384 e. The number of hydrogen-bond acceptors (Lipinski definition) is 4. The zero-order chi connectivity index (χ0) is 13.1. The molecule has 0 spiro atoms. The highest BCUT2D eigenvalue weighted by molar-refractivity contribution is 5.78. The third-order valence-corrected chi connectivity index (χ3v) is 2.65. The van der Waals surface area contributed by atoms with Crippen LogP contribution >= 0.6 is 0 Å². The molecule has 0 atom stereocenters. The lowest BCUT2D eigenvalue weighted by atomic mass is 10.3. The number of fused-ring (bicyclic) bond motifs is 1. The Hall–Kier alpha value is -2.71. The number of benzene rings is 1. The maximum Gasteiger partial charge on any atom is 0.169 e.